The molecule has 0 fully saturated rings. The number of rotatable bonds is 9. The fourth-order valence-electron chi connectivity index (χ4n) is 2.80. The van der Waals surface area contributed by atoms with Crippen molar-refractivity contribution in [1.82, 2.24) is 29.9 Å². The Morgan fingerprint density at radius 1 is 1.27 bits per heavy atom. The number of nitrogens with one attached hydrogen (secondary N) is 1. The van der Waals surface area contributed by atoms with Gasteiger partial charge in [0.2, 0.25) is 0 Å². The molecule has 176 valence electrons. The van der Waals surface area contributed by atoms with E-state index in [4.69, 9.17) is 5.73 Å². The number of carbonyl (C=O) groups excluding carboxylic acids is 1. The summed E-state index contributed by atoms with van der Waals surface area (Å²) in [6, 6.07) is 6.57. The number of halogens is 4. The van der Waals surface area contributed by atoms with E-state index in [0.717, 1.165) is 16.8 Å². The molecule has 2 heterocycles. The molecule has 0 bridgehead atoms. The first-order valence-electron chi connectivity index (χ1n) is 9.59. The second kappa shape index (κ2) is 10.1. The van der Waals surface area contributed by atoms with Crippen molar-refractivity contribution in [3.63, 3.8) is 0 Å². The number of ether oxygens (including phenoxy) is 1. The molecule has 0 saturated carbocycles. The van der Waals surface area contributed by atoms with Crippen LogP contribution < -0.4 is 21.5 Å². The molecular formula is C19H19F4N7O3. The van der Waals surface area contributed by atoms with E-state index in [0.29, 0.717) is 5.56 Å². The zero-order valence-electron chi connectivity index (χ0n) is 17.0. The molecule has 33 heavy (non-hydrogen) atoms. The molecule has 0 aliphatic rings. The number of aromatic nitrogens is 5. The highest BCUT2D eigenvalue weighted by molar-refractivity contribution is 5.91. The average molecular weight is 469 g/mol. The summed E-state index contributed by atoms with van der Waals surface area (Å²) in [6.07, 6.45) is -3.56. The van der Waals surface area contributed by atoms with E-state index >= 15 is 0 Å². The summed E-state index contributed by atoms with van der Waals surface area (Å²) in [5.74, 6) is -0.978. The van der Waals surface area contributed by atoms with Gasteiger partial charge in [-0.3, -0.25) is 9.36 Å². The van der Waals surface area contributed by atoms with E-state index < -0.39 is 29.9 Å². The molecule has 1 amide bonds. The number of anilines is 1. The number of hydrogen-bond acceptors (Lipinski definition) is 7. The minimum atomic E-state index is -4.82. The minimum absolute atomic E-state index is 0.0107. The van der Waals surface area contributed by atoms with Gasteiger partial charge < -0.3 is 15.8 Å². The molecule has 0 aliphatic heterocycles. The van der Waals surface area contributed by atoms with Crippen LogP contribution in [-0.2, 0) is 19.6 Å². The zero-order valence-corrected chi connectivity index (χ0v) is 17.0. The van der Waals surface area contributed by atoms with Crippen LogP contribution in [0.1, 0.15) is 22.5 Å². The van der Waals surface area contributed by atoms with Crippen LogP contribution in [0.25, 0.3) is 0 Å². The standard InChI is InChI=1S/C19H19F4N7O3/c20-13(4-6-29-7-5-16(24)26-18(29)32)10-30-11-15(27-28-30)17(31)25-9-12-2-1-3-14(8-12)33-19(21,22)23/h1-3,5,7-8,11,13H,4,6,9-10H2,(H,25,31)(H2,24,26,32). The highest BCUT2D eigenvalue weighted by Crippen LogP contribution is 2.23. The second-order valence-electron chi connectivity index (χ2n) is 6.92. The topological polar surface area (TPSA) is 130 Å². The molecule has 0 saturated heterocycles. The highest BCUT2D eigenvalue weighted by atomic mass is 19.4. The van der Waals surface area contributed by atoms with Crippen molar-refractivity contribution < 1.29 is 27.1 Å². The van der Waals surface area contributed by atoms with E-state index in [-0.39, 0.29) is 37.6 Å². The maximum atomic E-state index is 14.3. The molecule has 3 aromatic rings. The monoisotopic (exact) mass is 469 g/mol. The van der Waals surface area contributed by atoms with Gasteiger partial charge in [0.15, 0.2) is 5.69 Å². The summed E-state index contributed by atoms with van der Waals surface area (Å²) < 4.78 is 57.4. The Morgan fingerprint density at radius 3 is 2.79 bits per heavy atom. The molecule has 0 radical (unpaired) electrons. The normalized spacial score (nSPS) is 12.4. The first-order valence-corrected chi connectivity index (χ1v) is 9.59. The van der Waals surface area contributed by atoms with Crippen LogP contribution in [0.4, 0.5) is 23.4 Å². The van der Waals surface area contributed by atoms with Crippen LogP contribution in [-0.4, -0.2) is 43.0 Å². The number of nitrogens with two attached hydrogens (primary N) is 1. The van der Waals surface area contributed by atoms with Crippen molar-refractivity contribution in [2.75, 3.05) is 5.73 Å². The maximum absolute atomic E-state index is 14.3. The van der Waals surface area contributed by atoms with Crippen molar-refractivity contribution in [1.29, 1.82) is 0 Å². The number of aryl methyl sites for hydroxylation is 1. The van der Waals surface area contributed by atoms with E-state index in [9.17, 15) is 27.2 Å². The van der Waals surface area contributed by atoms with E-state index in [1.165, 1.54) is 35.2 Å². The predicted molar refractivity (Wildman–Crippen MR) is 107 cm³/mol. The van der Waals surface area contributed by atoms with Crippen LogP contribution in [0.2, 0.25) is 0 Å². The van der Waals surface area contributed by atoms with Crippen molar-refractivity contribution in [2.24, 2.45) is 0 Å². The first kappa shape index (κ1) is 23.7. The van der Waals surface area contributed by atoms with Gasteiger partial charge in [-0.15, -0.1) is 18.3 Å². The Hall–Kier alpha value is -3.97. The van der Waals surface area contributed by atoms with Gasteiger partial charge in [-0.2, -0.15) is 4.98 Å². The van der Waals surface area contributed by atoms with Crippen molar-refractivity contribution >= 4 is 11.7 Å². The van der Waals surface area contributed by atoms with Gasteiger partial charge in [0, 0.05) is 19.3 Å². The molecular weight excluding hydrogens is 450 g/mol. The van der Waals surface area contributed by atoms with Crippen molar-refractivity contribution in [3.8, 4) is 5.75 Å². The summed E-state index contributed by atoms with van der Waals surface area (Å²) >= 11 is 0. The third kappa shape index (κ3) is 7.29. The Kier molecular flexibility index (Phi) is 7.25. The number of benzene rings is 1. The fraction of sp³-hybridized carbons (Fsp3) is 0.316. The van der Waals surface area contributed by atoms with E-state index in [1.54, 1.807) is 0 Å². The molecule has 0 spiro atoms. The minimum Gasteiger partial charge on any atom is -0.406 e. The maximum Gasteiger partial charge on any atom is 0.573 e. The second-order valence-corrected chi connectivity index (χ2v) is 6.92. The lowest BCUT2D eigenvalue weighted by molar-refractivity contribution is -0.274. The number of nitrogen functional groups attached to an aromatic ring is 1. The van der Waals surface area contributed by atoms with Crippen LogP contribution in [0, 0.1) is 0 Å². The quantitative estimate of drug-likeness (QED) is 0.456. The Balaban J connectivity index is 1.49. The number of hydrogen-bond donors (Lipinski definition) is 2. The summed E-state index contributed by atoms with van der Waals surface area (Å²) in [7, 11) is 0. The lowest BCUT2D eigenvalue weighted by Crippen LogP contribution is -2.25. The zero-order chi connectivity index (χ0) is 24.0. The molecule has 1 aromatic carbocycles. The van der Waals surface area contributed by atoms with Gasteiger partial charge in [-0.1, -0.05) is 17.3 Å². The Morgan fingerprint density at radius 2 is 2.06 bits per heavy atom. The van der Waals surface area contributed by atoms with Crippen LogP contribution in [0.3, 0.4) is 0 Å². The lowest BCUT2D eigenvalue weighted by atomic mass is 10.2. The fourth-order valence-corrected chi connectivity index (χ4v) is 2.80. The number of carbonyl (C=O) groups is 1. The van der Waals surface area contributed by atoms with Crippen LogP contribution >= 0.6 is 0 Å². The molecule has 3 rings (SSSR count). The molecule has 1 atom stereocenters. The first-order chi connectivity index (χ1) is 15.6. The third-order valence-corrected chi connectivity index (χ3v) is 4.32. The van der Waals surface area contributed by atoms with Gasteiger partial charge in [0.25, 0.3) is 5.91 Å². The van der Waals surface area contributed by atoms with Crippen molar-refractivity contribution in [3.05, 3.63) is 64.5 Å². The summed E-state index contributed by atoms with van der Waals surface area (Å²) in [5.41, 5.74) is 5.09. The molecule has 0 aliphatic carbocycles. The Bertz CT molecular complexity index is 1160. The molecule has 3 N–H and O–H groups in total. The highest BCUT2D eigenvalue weighted by Gasteiger charge is 2.31. The van der Waals surface area contributed by atoms with E-state index in [1.807, 2.05) is 0 Å². The number of alkyl halides is 4. The smallest absolute Gasteiger partial charge is 0.406 e. The van der Waals surface area contributed by atoms with Gasteiger partial charge in [0.1, 0.15) is 17.7 Å². The van der Waals surface area contributed by atoms with Crippen LogP contribution in [0.15, 0.2) is 47.5 Å². The lowest BCUT2D eigenvalue weighted by Gasteiger charge is -2.10. The molecule has 2 aromatic heterocycles. The summed E-state index contributed by atoms with van der Waals surface area (Å²) in [5, 5.41) is 9.85. The number of nitrogens with zero attached hydrogens (tertiary/aromatic N) is 5. The van der Waals surface area contributed by atoms with Gasteiger partial charge in [0.05, 0.1) is 12.7 Å². The van der Waals surface area contributed by atoms with E-state index in [2.05, 4.69) is 25.3 Å². The summed E-state index contributed by atoms with van der Waals surface area (Å²) in [6.45, 7) is -0.211. The molecule has 10 nitrogen and oxygen atoms in total. The van der Waals surface area contributed by atoms with Crippen LogP contribution in [0.5, 0.6) is 5.75 Å². The summed E-state index contributed by atoms with van der Waals surface area (Å²) in [4.78, 5) is 27.4. The molecule has 1 unspecified atom stereocenters. The van der Waals surface area contributed by atoms with Gasteiger partial charge >= 0.3 is 12.1 Å². The molecule has 14 heteroatoms. The van der Waals surface area contributed by atoms with Crippen molar-refractivity contribution in [2.45, 2.75) is 38.6 Å². The van der Waals surface area contributed by atoms with Gasteiger partial charge in [-0.25, -0.2) is 13.9 Å². The average Bonchev–Trinajstić information content (AvgIpc) is 3.19. The Labute approximate surface area is 184 Å². The van der Waals surface area contributed by atoms with Gasteiger partial charge in [-0.05, 0) is 30.2 Å². The third-order valence-electron chi connectivity index (χ3n) is 4.32. The predicted octanol–water partition coefficient (Wildman–Crippen LogP) is 1.67. The SMILES string of the molecule is Nc1ccn(CCC(F)Cn2cc(C(=O)NCc3cccc(OC(F)(F)F)c3)nn2)c(=O)n1. The number of amides is 1. The largest absolute Gasteiger partial charge is 0.573 e.